The SMILES string of the molecule is c1ccc([Si](c2ccccc2)(c2ccccc2)c2ccccc2-c2ccc3c(c2)OB2c4ccc(-n5c6ccccc6c6ccccc65)cc4Oc4cccc-3c42)cc1. The van der Waals surface area contributed by atoms with Crippen molar-refractivity contribution in [2.75, 3.05) is 0 Å². The Kier molecular flexibility index (Phi) is 7.65. The number of rotatable bonds is 6. The predicted molar refractivity (Wildman–Crippen MR) is 247 cm³/mol. The normalized spacial score (nSPS) is 12.6. The molecule has 276 valence electrons. The first kappa shape index (κ1) is 33.8. The Labute approximate surface area is 344 Å². The molecule has 0 saturated heterocycles. The number of para-hydroxylation sites is 2. The molecule has 0 atom stereocenters. The molecule has 9 aromatic carbocycles. The molecule has 2 aliphatic heterocycles. The molecule has 0 N–H and O–H groups in total. The van der Waals surface area contributed by atoms with Gasteiger partial charge < -0.3 is 14.0 Å². The molecule has 59 heavy (non-hydrogen) atoms. The predicted octanol–water partition coefficient (Wildman–Crippen LogP) is 9.10. The second-order valence-electron chi connectivity index (χ2n) is 15.5. The molecular weight excluding hydrogens is 733 g/mol. The molecule has 5 heteroatoms. The van der Waals surface area contributed by atoms with E-state index in [0.717, 1.165) is 50.6 Å². The summed E-state index contributed by atoms with van der Waals surface area (Å²) < 4.78 is 16.3. The van der Waals surface area contributed by atoms with Gasteiger partial charge in [-0.15, -0.1) is 0 Å². The maximum absolute atomic E-state index is 7.20. The van der Waals surface area contributed by atoms with Crippen molar-refractivity contribution in [3.63, 3.8) is 0 Å². The van der Waals surface area contributed by atoms with E-state index in [1.54, 1.807) is 0 Å². The summed E-state index contributed by atoms with van der Waals surface area (Å²) in [6.07, 6.45) is 0. The summed E-state index contributed by atoms with van der Waals surface area (Å²) in [5.74, 6) is 2.52. The molecule has 0 saturated carbocycles. The maximum atomic E-state index is 7.20. The van der Waals surface area contributed by atoms with Gasteiger partial charge in [-0.1, -0.05) is 182 Å². The summed E-state index contributed by atoms with van der Waals surface area (Å²) in [6, 6.07) is 79.4. The van der Waals surface area contributed by atoms with Crippen LogP contribution < -0.4 is 41.1 Å². The van der Waals surface area contributed by atoms with Crippen LogP contribution in [0.3, 0.4) is 0 Å². The largest absolute Gasteiger partial charge is 0.551 e. The van der Waals surface area contributed by atoms with Gasteiger partial charge in [-0.05, 0) is 67.8 Å². The van der Waals surface area contributed by atoms with E-state index in [-0.39, 0.29) is 6.92 Å². The average Bonchev–Trinajstić information content (AvgIpc) is 3.65. The molecule has 2 aliphatic rings. The zero-order chi connectivity index (χ0) is 38.9. The molecular formula is C54H36BNO2Si. The fraction of sp³-hybridized carbons (Fsp3) is 0. The van der Waals surface area contributed by atoms with Crippen LogP contribution in [0.4, 0.5) is 0 Å². The van der Waals surface area contributed by atoms with Gasteiger partial charge in [0.05, 0.1) is 11.0 Å². The van der Waals surface area contributed by atoms with Gasteiger partial charge >= 0.3 is 6.92 Å². The van der Waals surface area contributed by atoms with Crippen LogP contribution in [0.15, 0.2) is 218 Å². The van der Waals surface area contributed by atoms with Gasteiger partial charge in [0.2, 0.25) is 0 Å². The minimum Gasteiger partial charge on any atom is -0.551 e. The van der Waals surface area contributed by atoms with Crippen LogP contribution in [0.2, 0.25) is 0 Å². The van der Waals surface area contributed by atoms with Crippen LogP contribution >= 0.6 is 0 Å². The molecule has 0 fully saturated rings. The van der Waals surface area contributed by atoms with Crippen molar-refractivity contribution in [1.29, 1.82) is 0 Å². The highest BCUT2D eigenvalue weighted by atomic mass is 28.3. The minimum atomic E-state index is -2.81. The van der Waals surface area contributed by atoms with Gasteiger partial charge in [0.1, 0.15) is 17.2 Å². The van der Waals surface area contributed by atoms with Crippen molar-refractivity contribution in [3.05, 3.63) is 218 Å². The third-order valence-corrected chi connectivity index (χ3v) is 17.3. The van der Waals surface area contributed by atoms with Crippen LogP contribution in [0.25, 0.3) is 49.7 Å². The molecule has 0 bridgehead atoms. The van der Waals surface area contributed by atoms with Crippen molar-refractivity contribution >= 4 is 68.5 Å². The van der Waals surface area contributed by atoms with Gasteiger partial charge in [-0.3, -0.25) is 0 Å². The van der Waals surface area contributed by atoms with Crippen molar-refractivity contribution in [1.82, 2.24) is 4.57 Å². The zero-order valence-electron chi connectivity index (χ0n) is 32.1. The molecule has 3 heterocycles. The van der Waals surface area contributed by atoms with E-state index >= 15 is 0 Å². The molecule has 1 aromatic heterocycles. The van der Waals surface area contributed by atoms with E-state index in [4.69, 9.17) is 9.39 Å². The summed E-state index contributed by atoms with van der Waals surface area (Å²) in [4.78, 5) is 0. The third-order valence-electron chi connectivity index (χ3n) is 12.4. The van der Waals surface area contributed by atoms with Crippen LogP contribution in [0.1, 0.15) is 0 Å². The Bertz CT molecular complexity index is 3090. The minimum absolute atomic E-state index is 0.318. The second kappa shape index (κ2) is 13.4. The monoisotopic (exact) mass is 769 g/mol. The fourth-order valence-electron chi connectivity index (χ4n) is 9.93. The molecule has 0 aliphatic carbocycles. The van der Waals surface area contributed by atoms with Gasteiger partial charge in [0.25, 0.3) is 0 Å². The van der Waals surface area contributed by atoms with E-state index in [1.807, 2.05) is 0 Å². The number of hydrogen-bond acceptors (Lipinski definition) is 2. The molecule has 10 aromatic rings. The third kappa shape index (κ3) is 5.08. The van der Waals surface area contributed by atoms with Gasteiger partial charge in [0, 0.05) is 39.0 Å². The number of fused-ring (bicyclic) bond motifs is 7. The molecule has 0 radical (unpaired) electrons. The highest BCUT2D eigenvalue weighted by Gasteiger charge is 2.44. The summed E-state index contributed by atoms with van der Waals surface area (Å²) in [5.41, 5.74) is 10.1. The lowest BCUT2D eigenvalue weighted by atomic mass is 9.51. The van der Waals surface area contributed by atoms with E-state index in [9.17, 15) is 0 Å². The number of aromatic nitrogens is 1. The number of nitrogens with zero attached hydrogens (tertiary/aromatic N) is 1. The standard InChI is InChI=1S/C54H36BNO2Si/c1-4-17-39(18-5-1)59(40-19-6-2-7-20-40,41-21-8-3-9-22-41)53-30-15-12-23-42(53)37-31-33-45-46-26-16-29-50-54(46)55(58-51(45)35-37)47-34-32-38(36-52(47)57-50)56-48-27-13-10-24-43(48)44-25-11-14-28-49(44)56/h1-36H. The smallest absolute Gasteiger partial charge is 0.434 e. The van der Waals surface area contributed by atoms with E-state index in [1.165, 1.54) is 48.1 Å². The molecule has 3 nitrogen and oxygen atoms in total. The molecule has 12 rings (SSSR count). The van der Waals surface area contributed by atoms with Crippen LogP contribution in [0.5, 0.6) is 17.2 Å². The summed E-state index contributed by atoms with van der Waals surface area (Å²) in [7, 11) is -2.81. The maximum Gasteiger partial charge on any atom is 0.434 e. The molecule has 0 spiro atoms. The Balaban J connectivity index is 1.01. The summed E-state index contributed by atoms with van der Waals surface area (Å²) in [6.45, 7) is -0.318. The highest BCUT2D eigenvalue weighted by Crippen LogP contribution is 2.42. The first-order valence-corrected chi connectivity index (χ1v) is 22.3. The summed E-state index contributed by atoms with van der Waals surface area (Å²) >= 11 is 0. The number of hydrogen-bond donors (Lipinski definition) is 0. The first-order valence-electron chi connectivity index (χ1n) is 20.3. The van der Waals surface area contributed by atoms with Crippen molar-refractivity contribution in [3.8, 4) is 45.2 Å². The fourth-order valence-corrected chi connectivity index (χ4v) is 14.9. The van der Waals surface area contributed by atoms with E-state index in [2.05, 4.69) is 223 Å². The Hall–Kier alpha value is -7.34. The Morgan fingerprint density at radius 3 is 1.64 bits per heavy atom. The molecule has 0 amide bonds. The Morgan fingerprint density at radius 2 is 0.983 bits per heavy atom. The van der Waals surface area contributed by atoms with Crippen molar-refractivity contribution < 1.29 is 9.39 Å². The summed E-state index contributed by atoms with van der Waals surface area (Å²) in [5, 5.41) is 7.85. The van der Waals surface area contributed by atoms with E-state index < -0.39 is 8.07 Å². The zero-order valence-corrected chi connectivity index (χ0v) is 33.1. The average molecular weight is 770 g/mol. The van der Waals surface area contributed by atoms with Gasteiger partial charge in [-0.2, -0.15) is 0 Å². The highest BCUT2D eigenvalue weighted by molar-refractivity contribution is 7.20. The van der Waals surface area contributed by atoms with Crippen molar-refractivity contribution in [2.24, 2.45) is 0 Å². The van der Waals surface area contributed by atoms with E-state index in [0.29, 0.717) is 0 Å². The topological polar surface area (TPSA) is 23.4 Å². The lowest BCUT2D eigenvalue weighted by molar-refractivity contribution is 0.479. The quantitative estimate of drug-likeness (QED) is 0.125. The lowest BCUT2D eigenvalue weighted by Gasteiger charge is -2.36. The number of benzene rings is 9. The van der Waals surface area contributed by atoms with Crippen molar-refractivity contribution in [2.45, 2.75) is 0 Å². The number of ether oxygens (including phenoxy) is 1. The Morgan fingerprint density at radius 1 is 0.407 bits per heavy atom. The van der Waals surface area contributed by atoms with Crippen LogP contribution in [-0.2, 0) is 0 Å². The van der Waals surface area contributed by atoms with Gasteiger partial charge in [0.15, 0.2) is 8.07 Å². The second-order valence-corrected chi connectivity index (χ2v) is 19.3. The lowest BCUT2D eigenvalue weighted by Crippen LogP contribution is -2.75. The molecule has 0 unspecified atom stereocenters. The first-order chi connectivity index (χ1) is 29.3. The van der Waals surface area contributed by atoms with Gasteiger partial charge in [-0.25, -0.2) is 0 Å². The van der Waals surface area contributed by atoms with Crippen LogP contribution in [-0.4, -0.2) is 19.6 Å². The van der Waals surface area contributed by atoms with Crippen LogP contribution in [0, 0.1) is 0 Å².